The van der Waals surface area contributed by atoms with Gasteiger partial charge in [0.15, 0.2) is 0 Å². The lowest BCUT2D eigenvalue weighted by molar-refractivity contribution is -0.123. The molecule has 2 unspecified atom stereocenters. The lowest BCUT2D eigenvalue weighted by atomic mass is 9.84. The van der Waals surface area contributed by atoms with Crippen LogP contribution in [0, 0.1) is 11.8 Å². The van der Waals surface area contributed by atoms with Gasteiger partial charge in [0, 0.05) is 23.7 Å². The van der Waals surface area contributed by atoms with Crippen LogP contribution in [0.2, 0.25) is 0 Å². The van der Waals surface area contributed by atoms with Crippen molar-refractivity contribution in [3.05, 3.63) is 42.5 Å². The molecule has 2 saturated carbocycles. The number of nitrogens with one attached hydrogen (secondary N) is 3. The minimum atomic E-state index is -4.08. The molecule has 35 heavy (non-hydrogen) atoms. The highest BCUT2D eigenvalue weighted by Crippen LogP contribution is 2.31. The summed E-state index contributed by atoms with van der Waals surface area (Å²) in [4.78, 5) is 31.0. The van der Waals surface area contributed by atoms with Gasteiger partial charge in [-0.2, -0.15) is 8.42 Å². The number of benzene rings is 2. The zero-order valence-corrected chi connectivity index (χ0v) is 19.8. The minimum Gasteiger partial charge on any atom is -0.382 e. The summed E-state index contributed by atoms with van der Waals surface area (Å²) in [7, 11) is -4.08. The number of aromatic amines is 1. The lowest BCUT2D eigenvalue weighted by Crippen LogP contribution is -2.40. The van der Waals surface area contributed by atoms with Gasteiger partial charge in [-0.15, -0.1) is 0 Å². The second kappa shape index (κ2) is 9.21. The number of aromatic nitrogens is 2. The summed E-state index contributed by atoms with van der Waals surface area (Å²) in [6.45, 7) is 0. The average molecular weight is 498 g/mol. The Kier molecular flexibility index (Phi) is 6.10. The molecule has 2 amide bonds. The molecule has 3 aromatic rings. The molecule has 10 nitrogen and oxygen atoms in total. The first-order valence-corrected chi connectivity index (χ1v) is 13.1. The first-order chi connectivity index (χ1) is 16.8. The number of imidazole rings is 1. The van der Waals surface area contributed by atoms with Crippen LogP contribution < -0.4 is 20.6 Å². The Morgan fingerprint density at radius 1 is 1.03 bits per heavy atom. The molecular weight excluding hydrogens is 470 g/mol. The number of anilines is 2. The largest absolute Gasteiger partial charge is 0.382 e. The van der Waals surface area contributed by atoms with Gasteiger partial charge in [-0.1, -0.05) is 12.8 Å². The van der Waals surface area contributed by atoms with Gasteiger partial charge in [0.2, 0.25) is 17.8 Å². The molecule has 0 bridgehead atoms. The molecule has 2 aromatic carbocycles. The van der Waals surface area contributed by atoms with Crippen LogP contribution in [0.5, 0.6) is 5.75 Å². The highest BCUT2D eigenvalue weighted by molar-refractivity contribution is 7.87. The van der Waals surface area contributed by atoms with Gasteiger partial charge in [0.25, 0.3) is 0 Å². The number of nitrogens with two attached hydrogens (primary N) is 1. The molecule has 0 aliphatic heterocycles. The van der Waals surface area contributed by atoms with Crippen LogP contribution in [0.25, 0.3) is 11.0 Å². The summed E-state index contributed by atoms with van der Waals surface area (Å²) in [5.41, 5.74) is 7.37. The maximum absolute atomic E-state index is 12.8. The first-order valence-electron chi connectivity index (χ1n) is 11.7. The predicted octanol–water partition coefficient (Wildman–Crippen LogP) is 3.14. The summed E-state index contributed by atoms with van der Waals surface area (Å²) in [6, 6.07) is 10.8. The molecule has 2 atom stereocenters. The van der Waals surface area contributed by atoms with E-state index in [1.165, 1.54) is 24.3 Å². The van der Waals surface area contributed by atoms with Crippen LogP contribution in [0.4, 0.5) is 11.6 Å². The van der Waals surface area contributed by atoms with Crippen LogP contribution in [-0.4, -0.2) is 36.2 Å². The van der Waals surface area contributed by atoms with Gasteiger partial charge in [-0.3, -0.25) is 14.9 Å². The Hall–Kier alpha value is -3.60. The van der Waals surface area contributed by atoms with E-state index in [1.54, 1.807) is 18.2 Å². The van der Waals surface area contributed by atoms with E-state index < -0.39 is 10.1 Å². The number of amides is 2. The van der Waals surface area contributed by atoms with E-state index in [4.69, 9.17) is 9.92 Å². The molecule has 2 aliphatic carbocycles. The zero-order valence-electron chi connectivity index (χ0n) is 19.0. The smallest absolute Gasteiger partial charge is 0.339 e. The topological polar surface area (TPSA) is 156 Å². The Morgan fingerprint density at radius 3 is 2.49 bits per heavy atom. The second-order valence-corrected chi connectivity index (χ2v) is 10.7. The van der Waals surface area contributed by atoms with Crippen LogP contribution in [0.15, 0.2) is 47.4 Å². The van der Waals surface area contributed by atoms with E-state index in [2.05, 4.69) is 20.6 Å². The van der Waals surface area contributed by atoms with Crippen molar-refractivity contribution in [2.75, 3.05) is 10.6 Å². The maximum Gasteiger partial charge on any atom is 0.339 e. The summed E-state index contributed by atoms with van der Waals surface area (Å²) < 4.78 is 31.0. The van der Waals surface area contributed by atoms with Crippen molar-refractivity contribution in [3.63, 3.8) is 0 Å². The summed E-state index contributed by atoms with van der Waals surface area (Å²) in [5.74, 6) is -0.154. The fraction of sp³-hybridized carbons (Fsp3) is 0.375. The average Bonchev–Trinajstić information content (AvgIpc) is 3.60. The molecule has 1 aromatic heterocycles. The van der Waals surface area contributed by atoms with Crippen molar-refractivity contribution in [2.24, 2.45) is 17.6 Å². The Bertz CT molecular complexity index is 1360. The number of nitrogens with zero attached hydrogens (tertiary/aromatic N) is 1. The van der Waals surface area contributed by atoms with E-state index in [-0.39, 0.29) is 40.3 Å². The molecule has 5 rings (SSSR count). The van der Waals surface area contributed by atoms with Crippen LogP contribution in [-0.2, 0) is 19.7 Å². The third-order valence-electron chi connectivity index (χ3n) is 6.48. The molecule has 2 fully saturated rings. The number of hydrogen-bond acceptors (Lipinski definition) is 7. The number of carbonyl (C=O) groups is 2. The Balaban J connectivity index is 1.26. The zero-order chi connectivity index (χ0) is 24.6. The highest BCUT2D eigenvalue weighted by atomic mass is 32.2. The van der Waals surface area contributed by atoms with E-state index in [0.717, 1.165) is 38.5 Å². The minimum absolute atomic E-state index is 0.000221. The van der Waals surface area contributed by atoms with Crippen LogP contribution in [0.1, 0.15) is 38.5 Å². The van der Waals surface area contributed by atoms with E-state index in [1.807, 2.05) is 0 Å². The number of primary amides is 1. The molecule has 0 spiro atoms. The lowest BCUT2D eigenvalue weighted by Gasteiger charge is -2.30. The molecule has 11 heteroatoms. The number of carbonyl (C=O) groups excluding carboxylic acids is 2. The monoisotopic (exact) mass is 497 g/mol. The predicted molar refractivity (Wildman–Crippen MR) is 130 cm³/mol. The van der Waals surface area contributed by atoms with E-state index >= 15 is 0 Å². The molecule has 5 N–H and O–H groups in total. The standard InChI is InChI=1S/C24H27N5O5S/c25-22(30)18-3-1-2-4-19(18)26-15-7-10-17(11-8-15)35(32,33)34-16-9-12-20-21(13-16)28-24(27-20)29-23(31)14-5-6-14/h7-14,18-19,26H,1-6H2,(H2,25,30)(H2,27,28,29,31). The van der Waals surface area contributed by atoms with Gasteiger partial charge in [0.05, 0.1) is 17.0 Å². The van der Waals surface area contributed by atoms with E-state index in [0.29, 0.717) is 22.7 Å². The Morgan fingerprint density at radius 2 is 1.77 bits per heavy atom. The van der Waals surface area contributed by atoms with Crippen LogP contribution in [0.3, 0.4) is 0 Å². The number of fused-ring (bicyclic) bond motifs is 1. The van der Waals surface area contributed by atoms with Crippen LogP contribution >= 0.6 is 0 Å². The third-order valence-corrected chi connectivity index (χ3v) is 7.74. The molecule has 184 valence electrons. The molecular formula is C24H27N5O5S. The van der Waals surface area contributed by atoms with Crippen molar-refractivity contribution in [3.8, 4) is 5.75 Å². The fourth-order valence-electron chi connectivity index (χ4n) is 4.41. The number of rotatable bonds is 8. The fourth-order valence-corrected chi connectivity index (χ4v) is 5.34. The number of H-pyrrole nitrogens is 1. The van der Waals surface area contributed by atoms with Gasteiger partial charge in [0.1, 0.15) is 10.6 Å². The van der Waals surface area contributed by atoms with Gasteiger partial charge < -0.3 is 20.2 Å². The van der Waals surface area contributed by atoms with Crippen molar-refractivity contribution in [1.82, 2.24) is 9.97 Å². The number of hydrogen-bond donors (Lipinski definition) is 4. The molecule has 1 heterocycles. The third kappa shape index (κ3) is 5.24. The van der Waals surface area contributed by atoms with Gasteiger partial charge >= 0.3 is 10.1 Å². The Labute approximate surface area is 202 Å². The first kappa shape index (κ1) is 23.2. The molecule has 0 saturated heterocycles. The maximum atomic E-state index is 12.8. The normalized spacial score (nSPS) is 20.3. The molecule has 0 radical (unpaired) electrons. The van der Waals surface area contributed by atoms with Crippen molar-refractivity contribution < 1.29 is 22.2 Å². The summed E-state index contributed by atoms with van der Waals surface area (Å²) in [5, 5.41) is 6.04. The summed E-state index contributed by atoms with van der Waals surface area (Å²) >= 11 is 0. The SMILES string of the molecule is NC(=O)C1CCCCC1Nc1ccc(S(=O)(=O)Oc2ccc3nc(NC(=O)C4CC4)[nH]c3c2)cc1. The molecule has 2 aliphatic rings. The van der Waals surface area contributed by atoms with Crippen molar-refractivity contribution in [2.45, 2.75) is 49.5 Å². The second-order valence-electron chi connectivity index (χ2n) is 9.13. The summed E-state index contributed by atoms with van der Waals surface area (Å²) in [6.07, 6.45) is 5.33. The highest BCUT2D eigenvalue weighted by Gasteiger charge is 2.30. The quantitative estimate of drug-likeness (QED) is 0.348. The van der Waals surface area contributed by atoms with E-state index in [9.17, 15) is 18.0 Å². The van der Waals surface area contributed by atoms with Crippen molar-refractivity contribution >= 4 is 44.6 Å². The van der Waals surface area contributed by atoms with Crippen molar-refractivity contribution in [1.29, 1.82) is 0 Å². The van der Waals surface area contributed by atoms with Gasteiger partial charge in [-0.05, 0) is 62.1 Å². The van der Waals surface area contributed by atoms with Gasteiger partial charge in [-0.25, -0.2) is 4.98 Å².